The maximum atomic E-state index is 14.6. The Labute approximate surface area is 156 Å². The van der Waals surface area contributed by atoms with Crippen LogP contribution in [0.3, 0.4) is 0 Å². The molecule has 0 amide bonds. The highest BCUT2D eigenvalue weighted by Gasteiger charge is 2.22. The molecule has 1 fully saturated rings. The molecule has 0 aromatic heterocycles. The summed E-state index contributed by atoms with van der Waals surface area (Å²) in [6.45, 7) is 4.19. The summed E-state index contributed by atoms with van der Waals surface area (Å²) in [6, 6.07) is 7.80. The molecule has 2 heteroatoms. The van der Waals surface area contributed by atoms with Crippen molar-refractivity contribution in [2.75, 3.05) is 0 Å². The summed E-state index contributed by atoms with van der Waals surface area (Å²) < 4.78 is 28.9. The summed E-state index contributed by atoms with van der Waals surface area (Å²) in [4.78, 5) is 0. The Kier molecular flexibility index (Phi) is 6.45. The van der Waals surface area contributed by atoms with E-state index in [4.69, 9.17) is 0 Å². The molecule has 0 nitrogen and oxygen atoms in total. The third-order valence-corrected chi connectivity index (χ3v) is 5.74. The van der Waals surface area contributed by atoms with Gasteiger partial charge in [-0.3, -0.25) is 0 Å². The fraction of sp³-hybridized carbons (Fsp3) is 0.500. The second kappa shape index (κ2) is 8.79. The highest BCUT2D eigenvalue weighted by Crippen LogP contribution is 2.38. The number of rotatable bonds is 6. The first-order valence-electron chi connectivity index (χ1n) is 10.2. The maximum Gasteiger partial charge on any atom is 0.166 e. The van der Waals surface area contributed by atoms with Crippen LogP contribution in [-0.2, 0) is 6.42 Å². The fourth-order valence-corrected chi connectivity index (χ4v) is 4.21. The predicted molar refractivity (Wildman–Crippen MR) is 107 cm³/mol. The van der Waals surface area contributed by atoms with Gasteiger partial charge in [0.25, 0.3) is 0 Å². The summed E-state index contributed by atoms with van der Waals surface area (Å²) in [5.74, 6) is -0.192. The SMILES string of the molecule is CCC/C=C/C1CCC(c2ccc3cc(CCC)c(F)c(F)c3c2)CC1. The monoisotopic (exact) mass is 356 g/mol. The molecule has 0 aliphatic heterocycles. The number of benzene rings is 2. The van der Waals surface area contributed by atoms with Gasteiger partial charge in [0.1, 0.15) is 0 Å². The van der Waals surface area contributed by atoms with E-state index in [9.17, 15) is 8.78 Å². The molecule has 1 saturated carbocycles. The van der Waals surface area contributed by atoms with Crippen molar-refractivity contribution < 1.29 is 8.78 Å². The number of hydrogen-bond donors (Lipinski definition) is 0. The molecule has 0 N–H and O–H groups in total. The minimum atomic E-state index is -0.677. The standard InChI is InChI=1S/C24H30F2/c1-3-5-6-8-17-9-11-18(12-10-17)19-13-14-20-15-21(7-4-2)23(25)24(26)22(20)16-19/h6,8,13-18H,3-5,7,9-12H2,1-2H3/b8-6+. The Morgan fingerprint density at radius 1 is 0.962 bits per heavy atom. The van der Waals surface area contributed by atoms with E-state index in [1.54, 1.807) is 0 Å². The summed E-state index contributed by atoms with van der Waals surface area (Å²) in [7, 11) is 0. The smallest absolute Gasteiger partial charge is 0.166 e. The topological polar surface area (TPSA) is 0 Å². The van der Waals surface area contributed by atoms with Crippen LogP contribution >= 0.6 is 0 Å². The molecule has 2 aromatic carbocycles. The third kappa shape index (κ3) is 4.16. The Bertz CT molecular complexity index is 767. The molecule has 2 aromatic rings. The van der Waals surface area contributed by atoms with Crippen molar-refractivity contribution in [2.45, 2.75) is 71.1 Å². The lowest BCUT2D eigenvalue weighted by Gasteiger charge is -2.27. The van der Waals surface area contributed by atoms with Crippen molar-refractivity contribution in [3.63, 3.8) is 0 Å². The Balaban J connectivity index is 1.77. The van der Waals surface area contributed by atoms with E-state index < -0.39 is 11.6 Å². The molecule has 0 heterocycles. The van der Waals surface area contributed by atoms with Crippen LogP contribution in [0.4, 0.5) is 8.78 Å². The van der Waals surface area contributed by atoms with Crippen molar-refractivity contribution in [3.05, 3.63) is 59.2 Å². The van der Waals surface area contributed by atoms with Gasteiger partial charge in [-0.25, -0.2) is 8.78 Å². The Morgan fingerprint density at radius 3 is 2.42 bits per heavy atom. The minimum Gasteiger partial charge on any atom is -0.203 e. The molecule has 0 unspecified atom stereocenters. The lowest BCUT2D eigenvalue weighted by atomic mass is 9.78. The van der Waals surface area contributed by atoms with Crippen LogP contribution < -0.4 is 0 Å². The number of halogens is 2. The third-order valence-electron chi connectivity index (χ3n) is 5.74. The van der Waals surface area contributed by atoms with Gasteiger partial charge in [-0.2, -0.15) is 0 Å². The van der Waals surface area contributed by atoms with Crippen LogP contribution in [0.2, 0.25) is 0 Å². The molecule has 3 rings (SSSR count). The highest BCUT2D eigenvalue weighted by molar-refractivity contribution is 5.85. The lowest BCUT2D eigenvalue weighted by Crippen LogP contribution is -2.11. The van der Waals surface area contributed by atoms with Gasteiger partial charge in [0.15, 0.2) is 11.6 Å². The van der Waals surface area contributed by atoms with Crippen LogP contribution in [0.25, 0.3) is 10.8 Å². The molecular formula is C24H30F2. The van der Waals surface area contributed by atoms with E-state index in [1.165, 1.54) is 19.3 Å². The van der Waals surface area contributed by atoms with E-state index in [2.05, 4.69) is 25.1 Å². The summed E-state index contributed by atoms with van der Waals surface area (Å²) in [5, 5.41) is 1.25. The second-order valence-electron chi connectivity index (χ2n) is 7.72. The molecule has 0 atom stereocenters. The summed E-state index contributed by atoms with van der Waals surface area (Å²) in [5.41, 5.74) is 1.65. The van der Waals surface area contributed by atoms with Crippen LogP contribution in [-0.4, -0.2) is 0 Å². The number of fused-ring (bicyclic) bond motifs is 1. The molecule has 0 radical (unpaired) electrons. The minimum absolute atomic E-state index is 0.435. The van der Waals surface area contributed by atoms with Gasteiger partial charge in [0, 0.05) is 5.39 Å². The first kappa shape index (κ1) is 19.1. The van der Waals surface area contributed by atoms with E-state index in [0.717, 1.165) is 36.6 Å². The van der Waals surface area contributed by atoms with Crippen LogP contribution in [0.15, 0.2) is 36.4 Å². The van der Waals surface area contributed by atoms with Crippen LogP contribution in [0, 0.1) is 17.6 Å². The largest absolute Gasteiger partial charge is 0.203 e. The van der Waals surface area contributed by atoms with Gasteiger partial charge in [-0.05, 0) is 79.0 Å². The molecule has 26 heavy (non-hydrogen) atoms. The van der Waals surface area contributed by atoms with E-state index in [-0.39, 0.29) is 0 Å². The molecule has 140 valence electrons. The number of aryl methyl sites for hydroxylation is 1. The zero-order valence-corrected chi connectivity index (χ0v) is 16.0. The molecule has 1 aliphatic carbocycles. The summed E-state index contributed by atoms with van der Waals surface area (Å²) >= 11 is 0. The van der Waals surface area contributed by atoms with Crippen molar-refractivity contribution in [3.8, 4) is 0 Å². The number of hydrogen-bond acceptors (Lipinski definition) is 0. The van der Waals surface area contributed by atoms with Crippen molar-refractivity contribution in [2.24, 2.45) is 5.92 Å². The quantitative estimate of drug-likeness (QED) is 0.465. The molecule has 0 saturated heterocycles. The number of allylic oxidation sites excluding steroid dienone is 2. The maximum absolute atomic E-state index is 14.6. The van der Waals surface area contributed by atoms with E-state index >= 15 is 0 Å². The summed E-state index contributed by atoms with van der Waals surface area (Å²) in [6.07, 6.45) is 13.1. The van der Waals surface area contributed by atoms with E-state index in [0.29, 0.717) is 29.2 Å². The van der Waals surface area contributed by atoms with Crippen molar-refractivity contribution in [1.82, 2.24) is 0 Å². The zero-order valence-electron chi connectivity index (χ0n) is 16.0. The van der Waals surface area contributed by atoms with Crippen molar-refractivity contribution >= 4 is 10.8 Å². The lowest BCUT2D eigenvalue weighted by molar-refractivity contribution is 0.375. The molecular weight excluding hydrogens is 326 g/mol. The molecule has 1 aliphatic rings. The fourth-order valence-electron chi connectivity index (χ4n) is 4.21. The van der Waals surface area contributed by atoms with Crippen LogP contribution in [0.1, 0.15) is 75.8 Å². The average Bonchev–Trinajstić information content (AvgIpc) is 2.67. The average molecular weight is 357 g/mol. The first-order chi connectivity index (χ1) is 12.6. The van der Waals surface area contributed by atoms with Crippen LogP contribution in [0.5, 0.6) is 0 Å². The Morgan fingerprint density at radius 2 is 1.73 bits per heavy atom. The first-order valence-corrected chi connectivity index (χ1v) is 10.2. The van der Waals surface area contributed by atoms with Gasteiger partial charge >= 0.3 is 0 Å². The van der Waals surface area contributed by atoms with E-state index in [1.807, 2.05) is 25.1 Å². The molecule has 0 bridgehead atoms. The van der Waals surface area contributed by atoms with Gasteiger partial charge < -0.3 is 0 Å². The van der Waals surface area contributed by atoms with Gasteiger partial charge in [-0.15, -0.1) is 0 Å². The van der Waals surface area contributed by atoms with Gasteiger partial charge in [-0.1, -0.05) is 51.0 Å². The van der Waals surface area contributed by atoms with Gasteiger partial charge in [0.2, 0.25) is 0 Å². The normalized spacial score (nSPS) is 20.9. The zero-order chi connectivity index (χ0) is 18.5. The molecule has 0 spiro atoms. The Hall–Kier alpha value is -1.70. The highest BCUT2D eigenvalue weighted by atomic mass is 19.2. The second-order valence-corrected chi connectivity index (χ2v) is 7.72. The predicted octanol–water partition coefficient (Wildman–Crippen LogP) is 7.70. The number of unbranched alkanes of at least 4 members (excludes halogenated alkanes) is 1. The van der Waals surface area contributed by atoms with Crippen molar-refractivity contribution in [1.29, 1.82) is 0 Å². The van der Waals surface area contributed by atoms with Gasteiger partial charge in [0.05, 0.1) is 0 Å².